The molecule has 5 heteroatoms. The Morgan fingerprint density at radius 2 is 2.00 bits per heavy atom. The molecule has 0 amide bonds. The van der Waals surface area contributed by atoms with E-state index in [1.807, 2.05) is 23.8 Å². The van der Waals surface area contributed by atoms with E-state index in [9.17, 15) is 5.11 Å². The van der Waals surface area contributed by atoms with Crippen molar-refractivity contribution in [1.82, 2.24) is 9.55 Å². The molecule has 3 nitrogen and oxygen atoms in total. The van der Waals surface area contributed by atoms with Crippen LogP contribution in [0.1, 0.15) is 30.8 Å². The summed E-state index contributed by atoms with van der Waals surface area (Å²) in [7, 11) is 0. The number of halogens is 2. The smallest absolute Gasteiger partial charge is 0.137 e. The Hall–Kier alpha value is -1.03. The minimum atomic E-state index is -0.568. The van der Waals surface area contributed by atoms with Gasteiger partial charge in [0.1, 0.15) is 11.9 Å². The number of aliphatic hydroxyl groups is 1. The second kappa shape index (κ2) is 5.74. The highest BCUT2D eigenvalue weighted by molar-refractivity contribution is 6.35. The Balaban J connectivity index is 2.32. The first-order valence-corrected chi connectivity index (χ1v) is 6.51. The standard InChI is InChI=1S/C13H14Cl2N2O/c1-2-12(18)13-16-6-7-17(13)8-9-10(14)4-3-5-11(9)15/h3-7,12,18H,2,8H2,1H3. The summed E-state index contributed by atoms with van der Waals surface area (Å²) in [5, 5.41) is 11.1. The van der Waals surface area contributed by atoms with Crippen molar-refractivity contribution in [2.75, 3.05) is 0 Å². The summed E-state index contributed by atoms with van der Waals surface area (Å²) in [6.45, 7) is 2.41. The van der Waals surface area contributed by atoms with Crippen molar-refractivity contribution in [3.8, 4) is 0 Å². The maximum atomic E-state index is 9.87. The first-order valence-electron chi connectivity index (χ1n) is 5.75. The first kappa shape index (κ1) is 13.4. The van der Waals surface area contributed by atoms with Crippen LogP contribution in [0.25, 0.3) is 0 Å². The largest absolute Gasteiger partial charge is 0.385 e. The molecular formula is C13H14Cl2N2O. The molecule has 0 aliphatic rings. The number of nitrogens with zero attached hydrogens (tertiary/aromatic N) is 2. The maximum Gasteiger partial charge on any atom is 0.137 e. The van der Waals surface area contributed by atoms with Gasteiger partial charge in [-0.25, -0.2) is 4.98 Å². The number of hydrogen-bond donors (Lipinski definition) is 1. The summed E-state index contributed by atoms with van der Waals surface area (Å²) < 4.78 is 1.86. The third kappa shape index (κ3) is 2.69. The average molecular weight is 285 g/mol. The summed E-state index contributed by atoms with van der Waals surface area (Å²) in [5.41, 5.74) is 0.836. The van der Waals surface area contributed by atoms with Gasteiger partial charge in [-0.1, -0.05) is 36.2 Å². The molecule has 0 saturated heterocycles. The van der Waals surface area contributed by atoms with Gasteiger partial charge in [0.05, 0.1) is 6.54 Å². The van der Waals surface area contributed by atoms with Crippen molar-refractivity contribution in [3.05, 3.63) is 52.0 Å². The summed E-state index contributed by atoms with van der Waals surface area (Å²) in [6, 6.07) is 5.41. The minimum absolute atomic E-state index is 0.505. The first-order chi connectivity index (χ1) is 8.63. The molecule has 1 N–H and O–H groups in total. The molecule has 1 aromatic heterocycles. The fraction of sp³-hybridized carbons (Fsp3) is 0.308. The van der Waals surface area contributed by atoms with Gasteiger partial charge in [0, 0.05) is 28.0 Å². The van der Waals surface area contributed by atoms with Gasteiger partial charge in [-0.05, 0) is 18.6 Å². The third-order valence-electron chi connectivity index (χ3n) is 2.82. The number of rotatable bonds is 4. The van der Waals surface area contributed by atoms with Gasteiger partial charge in [0.15, 0.2) is 0 Å². The molecule has 0 aliphatic carbocycles. The normalized spacial score (nSPS) is 12.7. The average Bonchev–Trinajstić information content (AvgIpc) is 2.81. The monoisotopic (exact) mass is 284 g/mol. The molecule has 2 aromatic rings. The lowest BCUT2D eigenvalue weighted by molar-refractivity contribution is 0.159. The van der Waals surface area contributed by atoms with Crippen LogP contribution in [0.4, 0.5) is 0 Å². The number of imidazole rings is 1. The lowest BCUT2D eigenvalue weighted by Crippen LogP contribution is -2.09. The predicted octanol–water partition coefficient (Wildman–Crippen LogP) is 3.68. The molecule has 96 valence electrons. The van der Waals surface area contributed by atoms with Crippen LogP contribution in [0.3, 0.4) is 0 Å². The maximum absolute atomic E-state index is 9.87. The quantitative estimate of drug-likeness (QED) is 0.930. The number of aromatic nitrogens is 2. The van der Waals surface area contributed by atoms with E-state index < -0.39 is 6.10 Å². The highest BCUT2D eigenvalue weighted by Crippen LogP contribution is 2.26. The Kier molecular flexibility index (Phi) is 4.27. The molecule has 1 aromatic carbocycles. The van der Waals surface area contributed by atoms with E-state index in [0.29, 0.717) is 28.8 Å². The zero-order valence-corrected chi connectivity index (χ0v) is 11.5. The third-order valence-corrected chi connectivity index (χ3v) is 3.53. The van der Waals surface area contributed by atoms with Crippen LogP contribution >= 0.6 is 23.2 Å². The van der Waals surface area contributed by atoms with Gasteiger partial charge in [0.2, 0.25) is 0 Å². The molecular weight excluding hydrogens is 271 g/mol. The molecule has 0 aliphatic heterocycles. The Morgan fingerprint density at radius 1 is 1.33 bits per heavy atom. The van der Waals surface area contributed by atoms with Crippen molar-refractivity contribution in [2.24, 2.45) is 0 Å². The molecule has 0 spiro atoms. The van der Waals surface area contributed by atoms with Crippen molar-refractivity contribution < 1.29 is 5.11 Å². The van der Waals surface area contributed by atoms with Crippen LogP contribution in [0.2, 0.25) is 10.0 Å². The highest BCUT2D eigenvalue weighted by Gasteiger charge is 2.14. The molecule has 18 heavy (non-hydrogen) atoms. The van der Waals surface area contributed by atoms with Gasteiger partial charge in [-0.3, -0.25) is 0 Å². The molecule has 1 unspecified atom stereocenters. The molecule has 0 radical (unpaired) electrons. The summed E-state index contributed by atoms with van der Waals surface area (Å²) >= 11 is 12.3. The Bertz CT molecular complexity index is 519. The van der Waals surface area contributed by atoms with Gasteiger partial charge in [-0.15, -0.1) is 0 Å². The van der Waals surface area contributed by atoms with E-state index in [2.05, 4.69) is 4.98 Å². The zero-order chi connectivity index (χ0) is 13.1. The van der Waals surface area contributed by atoms with Crippen LogP contribution in [0.5, 0.6) is 0 Å². The highest BCUT2D eigenvalue weighted by atomic mass is 35.5. The lowest BCUT2D eigenvalue weighted by atomic mass is 10.2. The molecule has 0 fully saturated rings. The summed E-state index contributed by atoms with van der Waals surface area (Å²) in [6.07, 6.45) is 3.53. The van der Waals surface area contributed by atoms with Gasteiger partial charge < -0.3 is 9.67 Å². The van der Waals surface area contributed by atoms with E-state index in [1.165, 1.54) is 0 Å². The summed E-state index contributed by atoms with van der Waals surface area (Å²) in [5.74, 6) is 0.633. The van der Waals surface area contributed by atoms with E-state index in [1.54, 1.807) is 18.3 Å². The topological polar surface area (TPSA) is 38.1 Å². The predicted molar refractivity (Wildman–Crippen MR) is 73.0 cm³/mol. The van der Waals surface area contributed by atoms with E-state index in [0.717, 1.165) is 5.56 Å². The Labute approximate surface area is 116 Å². The van der Waals surface area contributed by atoms with Crippen molar-refractivity contribution in [3.63, 3.8) is 0 Å². The van der Waals surface area contributed by atoms with Crippen molar-refractivity contribution >= 4 is 23.2 Å². The van der Waals surface area contributed by atoms with Crippen LogP contribution in [0, 0.1) is 0 Å². The lowest BCUT2D eigenvalue weighted by Gasteiger charge is -2.13. The second-order valence-corrected chi connectivity index (χ2v) is 4.85. The summed E-state index contributed by atoms with van der Waals surface area (Å²) in [4.78, 5) is 4.17. The molecule has 1 atom stereocenters. The number of aliphatic hydroxyl groups excluding tert-OH is 1. The number of hydrogen-bond acceptors (Lipinski definition) is 2. The van der Waals surface area contributed by atoms with Crippen molar-refractivity contribution in [2.45, 2.75) is 26.0 Å². The van der Waals surface area contributed by atoms with E-state index in [-0.39, 0.29) is 0 Å². The second-order valence-electron chi connectivity index (χ2n) is 4.04. The van der Waals surface area contributed by atoms with Crippen LogP contribution < -0.4 is 0 Å². The number of benzene rings is 1. The zero-order valence-electron chi connectivity index (χ0n) is 9.98. The van der Waals surface area contributed by atoms with Gasteiger partial charge >= 0.3 is 0 Å². The van der Waals surface area contributed by atoms with Crippen LogP contribution in [0.15, 0.2) is 30.6 Å². The van der Waals surface area contributed by atoms with E-state index in [4.69, 9.17) is 23.2 Å². The minimum Gasteiger partial charge on any atom is -0.385 e. The molecule has 0 saturated carbocycles. The van der Waals surface area contributed by atoms with Crippen LogP contribution in [-0.4, -0.2) is 14.7 Å². The molecule has 2 rings (SSSR count). The van der Waals surface area contributed by atoms with Crippen molar-refractivity contribution in [1.29, 1.82) is 0 Å². The van der Waals surface area contributed by atoms with Gasteiger partial charge in [-0.2, -0.15) is 0 Å². The SMILES string of the molecule is CCC(O)c1nccn1Cc1c(Cl)cccc1Cl. The molecule has 1 heterocycles. The fourth-order valence-electron chi connectivity index (χ4n) is 1.79. The van der Waals surface area contributed by atoms with Gasteiger partial charge in [0.25, 0.3) is 0 Å². The fourth-order valence-corrected chi connectivity index (χ4v) is 2.31. The van der Waals surface area contributed by atoms with Crippen LogP contribution in [-0.2, 0) is 6.54 Å². The molecule has 0 bridgehead atoms. The Morgan fingerprint density at radius 3 is 2.61 bits per heavy atom. The van der Waals surface area contributed by atoms with E-state index >= 15 is 0 Å².